The molecule has 2 aliphatic rings. The number of likely N-dealkylation sites (tertiary alicyclic amines) is 1. The summed E-state index contributed by atoms with van der Waals surface area (Å²) in [6.45, 7) is 3.12. The van der Waals surface area contributed by atoms with Crippen molar-refractivity contribution in [1.29, 1.82) is 0 Å². The van der Waals surface area contributed by atoms with Gasteiger partial charge < -0.3 is 19.8 Å². The van der Waals surface area contributed by atoms with E-state index in [9.17, 15) is 10.2 Å². The molecule has 0 aliphatic carbocycles. The highest BCUT2D eigenvalue weighted by Gasteiger charge is 2.33. The van der Waals surface area contributed by atoms with E-state index < -0.39 is 5.60 Å². The van der Waals surface area contributed by atoms with E-state index in [4.69, 9.17) is 16.3 Å². The minimum absolute atomic E-state index is 0.236. The molecule has 1 saturated heterocycles. The van der Waals surface area contributed by atoms with E-state index in [1.165, 1.54) is 0 Å². The average molecular weight is 462 g/mol. The van der Waals surface area contributed by atoms with Crippen LogP contribution in [0.4, 0.5) is 0 Å². The van der Waals surface area contributed by atoms with Gasteiger partial charge in [0.15, 0.2) is 0 Å². The number of hydrogen-bond acceptors (Lipinski definition) is 4. The molecule has 4 nitrogen and oxygen atoms in total. The van der Waals surface area contributed by atoms with Crippen LogP contribution in [0.25, 0.3) is 5.57 Å². The normalized spacial score (nSPS) is 18.8. The van der Waals surface area contributed by atoms with Gasteiger partial charge in [-0.1, -0.05) is 54.1 Å². The Morgan fingerprint density at radius 3 is 2.52 bits per heavy atom. The van der Waals surface area contributed by atoms with Crippen molar-refractivity contribution in [2.24, 2.45) is 0 Å². The van der Waals surface area contributed by atoms with Crippen molar-refractivity contribution in [3.8, 4) is 11.5 Å². The molecule has 0 radical (unpaired) electrons. The van der Waals surface area contributed by atoms with Gasteiger partial charge in [-0.15, -0.1) is 0 Å². The Labute approximate surface area is 199 Å². The van der Waals surface area contributed by atoms with Crippen LogP contribution in [-0.2, 0) is 12.2 Å². The molecule has 3 aromatic carbocycles. The third kappa shape index (κ3) is 4.65. The first-order valence-corrected chi connectivity index (χ1v) is 11.8. The molecule has 2 N–H and O–H groups in total. The average Bonchev–Trinajstić information content (AvgIpc) is 2.98. The van der Waals surface area contributed by atoms with Gasteiger partial charge in [0.05, 0.1) is 5.60 Å². The highest BCUT2D eigenvalue weighted by molar-refractivity contribution is 6.30. The largest absolute Gasteiger partial charge is 0.508 e. The van der Waals surface area contributed by atoms with E-state index in [-0.39, 0.29) is 5.75 Å². The fraction of sp³-hybridized carbons (Fsp3) is 0.286. The molecule has 2 heterocycles. The number of piperidine rings is 1. The molecule has 0 atom stereocenters. The highest BCUT2D eigenvalue weighted by atomic mass is 35.5. The molecule has 2 aliphatic heterocycles. The molecule has 33 heavy (non-hydrogen) atoms. The zero-order valence-electron chi connectivity index (χ0n) is 18.5. The Balaban J connectivity index is 1.30. The number of aliphatic hydroxyl groups is 1. The molecule has 0 saturated carbocycles. The SMILES string of the molecule is Oc1ccc2c(c1)/C(=C\CCN1CCC(O)(c3ccc(Cl)cc3)CC1)c1ccccc1CO2. The number of aromatic hydroxyl groups is 1. The van der Waals surface area contributed by atoms with Crippen molar-refractivity contribution in [3.05, 3.63) is 100 Å². The van der Waals surface area contributed by atoms with E-state index >= 15 is 0 Å². The number of ether oxygens (including phenoxy) is 1. The standard InChI is InChI=1S/C28H28ClNO3/c29-22-9-7-21(8-10-22)28(32)13-16-30(17-14-28)15-3-6-25-24-5-2-1-4-20(24)19-33-27-12-11-23(31)18-26(25)27/h1-2,4-12,18,31-32H,3,13-17,19H2/b25-6-. The summed E-state index contributed by atoms with van der Waals surface area (Å²) in [4.78, 5) is 2.41. The van der Waals surface area contributed by atoms with Gasteiger partial charge in [0, 0.05) is 30.2 Å². The van der Waals surface area contributed by atoms with Gasteiger partial charge in [-0.05, 0) is 71.9 Å². The maximum absolute atomic E-state index is 11.1. The zero-order valence-corrected chi connectivity index (χ0v) is 19.3. The Kier molecular flexibility index (Phi) is 6.15. The molecule has 0 amide bonds. The maximum atomic E-state index is 11.1. The first-order valence-electron chi connectivity index (χ1n) is 11.5. The second-order valence-electron chi connectivity index (χ2n) is 8.91. The highest BCUT2D eigenvalue weighted by Crippen LogP contribution is 2.39. The van der Waals surface area contributed by atoms with Crippen molar-refractivity contribution >= 4 is 17.2 Å². The van der Waals surface area contributed by atoms with Crippen LogP contribution in [0.15, 0.2) is 72.8 Å². The van der Waals surface area contributed by atoms with Crippen molar-refractivity contribution in [2.75, 3.05) is 19.6 Å². The van der Waals surface area contributed by atoms with Crippen LogP contribution in [0.5, 0.6) is 11.5 Å². The molecular weight excluding hydrogens is 434 g/mol. The van der Waals surface area contributed by atoms with E-state index in [2.05, 4.69) is 23.1 Å². The lowest BCUT2D eigenvalue weighted by atomic mass is 9.84. The summed E-state index contributed by atoms with van der Waals surface area (Å²) in [5, 5.41) is 21.9. The number of nitrogens with zero attached hydrogens (tertiary/aromatic N) is 1. The number of rotatable bonds is 4. The zero-order chi connectivity index (χ0) is 22.8. The second kappa shape index (κ2) is 9.22. The fourth-order valence-electron chi connectivity index (χ4n) is 4.87. The number of phenols is 1. The van der Waals surface area contributed by atoms with Crippen LogP contribution in [0.2, 0.25) is 5.02 Å². The summed E-state index contributed by atoms with van der Waals surface area (Å²) in [7, 11) is 0. The van der Waals surface area contributed by atoms with Crippen LogP contribution in [0.3, 0.4) is 0 Å². The number of benzene rings is 3. The Morgan fingerprint density at radius 2 is 1.73 bits per heavy atom. The summed E-state index contributed by atoms with van der Waals surface area (Å²) in [6.07, 6.45) is 4.54. The van der Waals surface area contributed by atoms with Gasteiger partial charge in [0.2, 0.25) is 0 Å². The predicted molar refractivity (Wildman–Crippen MR) is 132 cm³/mol. The first kappa shape index (κ1) is 22.0. The lowest BCUT2D eigenvalue weighted by Crippen LogP contribution is -2.42. The van der Waals surface area contributed by atoms with Crippen molar-refractivity contribution in [2.45, 2.75) is 31.5 Å². The van der Waals surface area contributed by atoms with Crippen LogP contribution in [-0.4, -0.2) is 34.7 Å². The molecule has 0 spiro atoms. The number of phenolic OH excluding ortho intramolecular Hbond substituents is 1. The van der Waals surface area contributed by atoms with E-state index in [0.717, 1.165) is 59.6 Å². The summed E-state index contributed by atoms with van der Waals surface area (Å²) in [5.74, 6) is 1.03. The molecule has 0 unspecified atom stereocenters. The van der Waals surface area contributed by atoms with Crippen molar-refractivity contribution in [3.63, 3.8) is 0 Å². The van der Waals surface area contributed by atoms with Gasteiger partial charge in [-0.3, -0.25) is 0 Å². The minimum Gasteiger partial charge on any atom is -0.508 e. The molecular formula is C28H28ClNO3. The minimum atomic E-state index is -0.784. The molecule has 3 aromatic rings. The van der Waals surface area contributed by atoms with Crippen LogP contribution in [0, 0.1) is 0 Å². The molecule has 1 fully saturated rings. The lowest BCUT2D eigenvalue weighted by Gasteiger charge is -2.38. The van der Waals surface area contributed by atoms with Gasteiger partial charge in [-0.25, -0.2) is 0 Å². The van der Waals surface area contributed by atoms with Gasteiger partial charge in [-0.2, -0.15) is 0 Å². The monoisotopic (exact) mass is 461 g/mol. The molecule has 0 aromatic heterocycles. The molecule has 170 valence electrons. The molecule has 5 rings (SSSR count). The third-order valence-electron chi connectivity index (χ3n) is 6.80. The number of fused-ring (bicyclic) bond motifs is 2. The van der Waals surface area contributed by atoms with Gasteiger partial charge in [0.25, 0.3) is 0 Å². The first-order chi connectivity index (χ1) is 16.0. The maximum Gasteiger partial charge on any atom is 0.127 e. The lowest BCUT2D eigenvalue weighted by molar-refractivity contribution is -0.0254. The number of hydrogen-bond donors (Lipinski definition) is 2. The predicted octanol–water partition coefficient (Wildman–Crippen LogP) is 5.74. The second-order valence-corrected chi connectivity index (χ2v) is 9.35. The van der Waals surface area contributed by atoms with Crippen LogP contribution in [0.1, 0.15) is 41.5 Å². The Morgan fingerprint density at radius 1 is 0.970 bits per heavy atom. The summed E-state index contributed by atoms with van der Waals surface area (Å²) >= 11 is 6.01. The Hall–Kier alpha value is -2.79. The topological polar surface area (TPSA) is 52.9 Å². The van der Waals surface area contributed by atoms with Crippen LogP contribution < -0.4 is 4.74 Å². The molecule has 0 bridgehead atoms. The Bertz CT molecular complexity index is 1160. The van der Waals surface area contributed by atoms with E-state index in [1.807, 2.05) is 42.5 Å². The quantitative estimate of drug-likeness (QED) is 0.520. The van der Waals surface area contributed by atoms with Crippen molar-refractivity contribution in [1.82, 2.24) is 4.90 Å². The van der Waals surface area contributed by atoms with Gasteiger partial charge >= 0.3 is 0 Å². The number of halogens is 1. The van der Waals surface area contributed by atoms with E-state index in [0.29, 0.717) is 24.5 Å². The molecule has 5 heteroatoms. The van der Waals surface area contributed by atoms with Gasteiger partial charge in [0.1, 0.15) is 18.1 Å². The summed E-state index contributed by atoms with van der Waals surface area (Å²) in [5.41, 5.74) is 4.48. The summed E-state index contributed by atoms with van der Waals surface area (Å²) < 4.78 is 6.03. The van der Waals surface area contributed by atoms with Crippen LogP contribution >= 0.6 is 11.6 Å². The third-order valence-corrected chi connectivity index (χ3v) is 7.05. The van der Waals surface area contributed by atoms with Crippen molar-refractivity contribution < 1.29 is 14.9 Å². The van der Waals surface area contributed by atoms with E-state index in [1.54, 1.807) is 12.1 Å². The fourth-order valence-corrected chi connectivity index (χ4v) is 5.00. The summed E-state index contributed by atoms with van der Waals surface area (Å²) in [6, 6.07) is 21.1. The smallest absolute Gasteiger partial charge is 0.127 e.